The average molecular weight is 264 g/mol. The van der Waals surface area contributed by atoms with Crippen molar-refractivity contribution in [3.05, 3.63) is 12.2 Å². The second-order valence-corrected chi connectivity index (χ2v) is 6.66. The number of hydrogen-bond donors (Lipinski definition) is 0. The van der Waals surface area contributed by atoms with Gasteiger partial charge in [0.15, 0.2) is 0 Å². The van der Waals surface area contributed by atoms with Crippen LogP contribution in [0.2, 0.25) is 0 Å². The molecular weight excluding hydrogens is 232 g/mol. The van der Waals surface area contributed by atoms with Crippen LogP contribution in [0.3, 0.4) is 0 Å². The normalized spacial score (nSPS) is 36.7. The van der Waals surface area contributed by atoms with Crippen LogP contribution < -0.4 is 0 Å². The van der Waals surface area contributed by atoms with Crippen molar-refractivity contribution < 1.29 is 4.74 Å². The molecule has 0 heterocycles. The van der Waals surface area contributed by atoms with Gasteiger partial charge in [-0.25, -0.2) is 0 Å². The summed E-state index contributed by atoms with van der Waals surface area (Å²) in [5.41, 5.74) is 0. The third-order valence-electron chi connectivity index (χ3n) is 5.40. The van der Waals surface area contributed by atoms with Gasteiger partial charge in [0.2, 0.25) is 0 Å². The lowest BCUT2D eigenvalue weighted by Crippen LogP contribution is -2.27. The van der Waals surface area contributed by atoms with E-state index >= 15 is 0 Å². The molecule has 0 amide bonds. The number of allylic oxidation sites excluding steroid dienone is 2. The van der Waals surface area contributed by atoms with Crippen molar-refractivity contribution in [1.82, 2.24) is 0 Å². The molecule has 0 aromatic heterocycles. The van der Waals surface area contributed by atoms with Crippen molar-refractivity contribution in [2.75, 3.05) is 7.11 Å². The number of methoxy groups -OCH3 is 1. The van der Waals surface area contributed by atoms with Gasteiger partial charge in [0.25, 0.3) is 0 Å². The van der Waals surface area contributed by atoms with E-state index in [1.54, 1.807) is 0 Å². The van der Waals surface area contributed by atoms with E-state index in [9.17, 15) is 0 Å². The second-order valence-electron chi connectivity index (χ2n) is 6.66. The summed E-state index contributed by atoms with van der Waals surface area (Å²) in [4.78, 5) is 0. The van der Waals surface area contributed by atoms with E-state index in [4.69, 9.17) is 4.74 Å². The standard InChI is InChI=1S/C18H32O/c1-3-4-5-6-15-7-9-16(10-8-15)17-11-13-18(19-2)14-12-17/h5-6,15-18H,3-4,7-14H2,1-2H3/b6-5+. The van der Waals surface area contributed by atoms with Gasteiger partial charge in [-0.2, -0.15) is 0 Å². The predicted molar refractivity (Wildman–Crippen MR) is 82.3 cm³/mol. The third kappa shape index (κ3) is 4.63. The molecule has 0 saturated heterocycles. The number of ether oxygens (including phenoxy) is 1. The lowest BCUT2D eigenvalue weighted by molar-refractivity contribution is 0.0405. The Morgan fingerprint density at radius 1 is 0.895 bits per heavy atom. The molecule has 2 saturated carbocycles. The zero-order valence-electron chi connectivity index (χ0n) is 12.9. The maximum absolute atomic E-state index is 5.49. The van der Waals surface area contributed by atoms with Gasteiger partial charge >= 0.3 is 0 Å². The quantitative estimate of drug-likeness (QED) is 0.608. The molecule has 0 bridgehead atoms. The summed E-state index contributed by atoms with van der Waals surface area (Å²) in [6.45, 7) is 2.26. The molecule has 1 heteroatoms. The minimum Gasteiger partial charge on any atom is -0.381 e. The number of rotatable bonds is 5. The lowest BCUT2D eigenvalue weighted by Gasteiger charge is -2.37. The Labute approximate surface area is 119 Å². The minimum atomic E-state index is 0.560. The highest BCUT2D eigenvalue weighted by Gasteiger charge is 2.30. The summed E-state index contributed by atoms with van der Waals surface area (Å²) < 4.78 is 5.49. The highest BCUT2D eigenvalue weighted by molar-refractivity contribution is 4.92. The fraction of sp³-hybridized carbons (Fsp3) is 0.889. The fourth-order valence-corrected chi connectivity index (χ4v) is 4.06. The van der Waals surface area contributed by atoms with Gasteiger partial charge in [-0.05, 0) is 75.5 Å². The van der Waals surface area contributed by atoms with E-state index < -0.39 is 0 Å². The Morgan fingerprint density at radius 2 is 1.47 bits per heavy atom. The molecule has 0 unspecified atom stereocenters. The first-order valence-electron chi connectivity index (χ1n) is 8.53. The molecule has 2 aliphatic carbocycles. The number of hydrogen-bond acceptors (Lipinski definition) is 1. The molecule has 0 aromatic carbocycles. The number of unbranched alkanes of at least 4 members (excludes halogenated alkanes) is 1. The molecule has 2 rings (SSSR count). The molecule has 0 spiro atoms. The Balaban J connectivity index is 1.68. The van der Waals surface area contributed by atoms with Crippen LogP contribution in [0.1, 0.15) is 71.1 Å². The van der Waals surface area contributed by atoms with Crippen molar-refractivity contribution in [3.63, 3.8) is 0 Å². The summed E-state index contributed by atoms with van der Waals surface area (Å²) >= 11 is 0. The molecule has 0 aliphatic heterocycles. The first-order valence-corrected chi connectivity index (χ1v) is 8.53. The van der Waals surface area contributed by atoms with E-state index in [2.05, 4.69) is 19.1 Å². The van der Waals surface area contributed by atoms with Crippen molar-refractivity contribution >= 4 is 0 Å². The van der Waals surface area contributed by atoms with Crippen LogP contribution >= 0.6 is 0 Å². The van der Waals surface area contributed by atoms with Crippen molar-refractivity contribution in [3.8, 4) is 0 Å². The molecular formula is C18H32O. The van der Waals surface area contributed by atoms with Gasteiger partial charge in [0.05, 0.1) is 6.10 Å². The second kappa shape index (κ2) is 8.09. The highest BCUT2D eigenvalue weighted by atomic mass is 16.5. The van der Waals surface area contributed by atoms with Crippen molar-refractivity contribution in [2.24, 2.45) is 17.8 Å². The molecule has 1 nitrogen and oxygen atoms in total. The van der Waals surface area contributed by atoms with Crippen LogP contribution in [0.15, 0.2) is 12.2 Å². The van der Waals surface area contributed by atoms with Crippen LogP contribution in [0.25, 0.3) is 0 Å². The Kier molecular flexibility index (Phi) is 6.43. The highest BCUT2D eigenvalue weighted by Crippen LogP contribution is 2.40. The molecule has 0 atom stereocenters. The first-order chi connectivity index (χ1) is 9.33. The molecule has 2 fully saturated rings. The largest absolute Gasteiger partial charge is 0.381 e. The summed E-state index contributed by atoms with van der Waals surface area (Å²) in [7, 11) is 1.87. The summed E-state index contributed by atoms with van der Waals surface area (Å²) in [5, 5.41) is 0. The average Bonchev–Trinajstić information content (AvgIpc) is 2.48. The molecule has 19 heavy (non-hydrogen) atoms. The van der Waals surface area contributed by atoms with Crippen LogP contribution in [0.4, 0.5) is 0 Å². The van der Waals surface area contributed by atoms with Gasteiger partial charge in [0.1, 0.15) is 0 Å². The van der Waals surface area contributed by atoms with Gasteiger partial charge in [-0.3, -0.25) is 0 Å². The Bertz CT molecular complexity index is 255. The topological polar surface area (TPSA) is 9.23 Å². The van der Waals surface area contributed by atoms with Crippen LogP contribution in [-0.4, -0.2) is 13.2 Å². The summed E-state index contributed by atoms with van der Waals surface area (Å²) in [5.74, 6) is 2.92. The predicted octanol–water partition coefficient (Wildman–Crippen LogP) is 5.35. The molecule has 110 valence electrons. The van der Waals surface area contributed by atoms with E-state index in [0.29, 0.717) is 6.10 Å². The van der Waals surface area contributed by atoms with E-state index in [1.807, 2.05) is 7.11 Å². The Hall–Kier alpha value is -0.300. The van der Waals surface area contributed by atoms with Gasteiger partial charge < -0.3 is 4.74 Å². The van der Waals surface area contributed by atoms with Crippen LogP contribution in [0, 0.1) is 17.8 Å². The maximum Gasteiger partial charge on any atom is 0.0571 e. The van der Waals surface area contributed by atoms with Crippen molar-refractivity contribution in [1.29, 1.82) is 0 Å². The minimum absolute atomic E-state index is 0.560. The van der Waals surface area contributed by atoms with E-state index in [-0.39, 0.29) is 0 Å². The Morgan fingerprint density at radius 3 is 2.00 bits per heavy atom. The SMILES string of the molecule is CCC/C=C/C1CCC(C2CCC(OC)CC2)CC1. The molecule has 0 radical (unpaired) electrons. The first kappa shape index (κ1) is 15.1. The third-order valence-corrected chi connectivity index (χ3v) is 5.40. The van der Waals surface area contributed by atoms with Gasteiger partial charge in [-0.1, -0.05) is 25.5 Å². The maximum atomic E-state index is 5.49. The molecule has 0 N–H and O–H groups in total. The monoisotopic (exact) mass is 264 g/mol. The zero-order chi connectivity index (χ0) is 13.5. The zero-order valence-corrected chi connectivity index (χ0v) is 12.9. The summed E-state index contributed by atoms with van der Waals surface area (Å²) in [6.07, 6.45) is 19.3. The smallest absolute Gasteiger partial charge is 0.0571 e. The molecule has 2 aliphatic rings. The fourth-order valence-electron chi connectivity index (χ4n) is 4.06. The van der Waals surface area contributed by atoms with E-state index in [1.165, 1.54) is 64.2 Å². The lowest BCUT2D eigenvalue weighted by atomic mass is 9.70. The van der Waals surface area contributed by atoms with Gasteiger partial charge in [0, 0.05) is 7.11 Å². The van der Waals surface area contributed by atoms with Gasteiger partial charge in [-0.15, -0.1) is 0 Å². The van der Waals surface area contributed by atoms with Crippen LogP contribution in [0.5, 0.6) is 0 Å². The van der Waals surface area contributed by atoms with Crippen LogP contribution in [-0.2, 0) is 4.74 Å². The molecule has 0 aromatic rings. The van der Waals surface area contributed by atoms with Crippen molar-refractivity contribution in [2.45, 2.75) is 77.2 Å². The summed E-state index contributed by atoms with van der Waals surface area (Å²) in [6, 6.07) is 0. The van der Waals surface area contributed by atoms with E-state index in [0.717, 1.165) is 17.8 Å².